The summed E-state index contributed by atoms with van der Waals surface area (Å²) in [5, 5.41) is 6.24. The average Bonchev–Trinajstić information content (AvgIpc) is 2.60. The van der Waals surface area contributed by atoms with Crippen molar-refractivity contribution in [2.45, 2.75) is 27.3 Å². The van der Waals surface area contributed by atoms with Crippen molar-refractivity contribution in [2.24, 2.45) is 0 Å². The minimum absolute atomic E-state index is 0.208. The number of benzene rings is 2. The van der Waals surface area contributed by atoms with Gasteiger partial charge in [0.1, 0.15) is 5.69 Å². The fourth-order valence-corrected chi connectivity index (χ4v) is 2.88. The van der Waals surface area contributed by atoms with E-state index in [2.05, 4.69) is 40.7 Å². The first-order valence-electron chi connectivity index (χ1n) is 8.65. The molecule has 0 aliphatic carbocycles. The quantitative estimate of drug-likeness (QED) is 0.693. The van der Waals surface area contributed by atoms with Gasteiger partial charge >= 0.3 is 0 Å². The number of anilines is 2. The normalized spacial score (nSPS) is 10.4. The molecule has 3 aromatic rings. The molecule has 1 aromatic heterocycles. The third-order valence-corrected chi connectivity index (χ3v) is 4.22. The van der Waals surface area contributed by atoms with E-state index in [1.807, 2.05) is 44.2 Å². The van der Waals surface area contributed by atoms with Crippen molar-refractivity contribution in [1.29, 1.82) is 0 Å². The van der Waals surface area contributed by atoms with E-state index in [0.717, 1.165) is 29.0 Å². The molecule has 2 N–H and O–H groups in total. The van der Waals surface area contributed by atoms with Crippen LogP contribution in [0.5, 0.6) is 0 Å². The van der Waals surface area contributed by atoms with Crippen LogP contribution in [0, 0.1) is 20.8 Å². The van der Waals surface area contributed by atoms with Crippen molar-refractivity contribution in [1.82, 2.24) is 4.98 Å². The molecule has 26 heavy (non-hydrogen) atoms. The molecule has 0 bridgehead atoms. The van der Waals surface area contributed by atoms with E-state index in [1.54, 1.807) is 12.3 Å². The molecule has 0 spiro atoms. The van der Waals surface area contributed by atoms with Crippen molar-refractivity contribution in [3.8, 4) is 0 Å². The molecule has 0 atom stereocenters. The minimum atomic E-state index is -0.208. The Hall–Kier alpha value is -3.14. The maximum absolute atomic E-state index is 12.4. The summed E-state index contributed by atoms with van der Waals surface area (Å²) in [6.45, 7) is 6.84. The number of carbonyl (C=O) groups is 1. The number of aromatic nitrogens is 1. The fourth-order valence-electron chi connectivity index (χ4n) is 2.88. The lowest BCUT2D eigenvalue weighted by atomic mass is 10.1. The van der Waals surface area contributed by atoms with Crippen LogP contribution in [0.1, 0.15) is 32.7 Å². The summed E-state index contributed by atoms with van der Waals surface area (Å²) in [4.78, 5) is 16.7. The summed E-state index contributed by atoms with van der Waals surface area (Å²) in [6, 6.07) is 17.8. The molecular weight excluding hydrogens is 322 g/mol. The van der Waals surface area contributed by atoms with Crippen LogP contribution in [0.3, 0.4) is 0 Å². The van der Waals surface area contributed by atoms with Gasteiger partial charge < -0.3 is 10.6 Å². The van der Waals surface area contributed by atoms with Crippen molar-refractivity contribution < 1.29 is 4.79 Å². The summed E-state index contributed by atoms with van der Waals surface area (Å²) < 4.78 is 0. The highest BCUT2D eigenvalue weighted by molar-refractivity contribution is 6.03. The number of hydrogen-bond acceptors (Lipinski definition) is 3. The Kier molecular flexibility index (Phi) is 5.32. The molecule has 0 saturated heterocycles. The van der Waals surface area contributed by atoms with Gasteiger partial charge in [-0.3, -0.25) is 4.79 Å². The van der Waals surface area contributed by atoms with E-state index in [0.29, 0.717) is 5.69 Å². The maximum atomic E-state index is 12.4. The van der Waals surface area contributed by atoms with E-state index in [4.69, 9.17) is 0 Å². The van der Waals surface area contributed by atoms with Crippen molar-refractivity contribution in [2.75, 3.05) is 10.6 Å². The van der Waals surface area contributed by atoms with Gasteiger partial charge in [0.2, 0.25) is 0 Å². The van der Waals surface area contributed by atoms with Gasteiger partial charge in [0.15, 0.2) is 0 Å². The topological polar surface area (TPSA) is 54.0 Å². The van der Waals surface area contributed by atoms with Crippen LogP contribution in [-0.4, -0.2) is 10.9 Å². The Bertz CT molecular complexity index is 897. The number of nitrogens with one attached hydrogen (secondary N) is 2. The third-order valence-electron chi connectivity index (χ3n) is 4.22. The molecule has 4 heteroatoms. The monoisotopic (exact) mass is 345 g/mol. The van der Waals surface area contributed by atoms with E-state index in [9.17, 15) is 4.79 Å². The lowest BCUT2D eigenvalue weighted by molar-refractivity contribution is 0.102. The summed E-state index contributed by atoms with van der Waals surface area (Å²) in [5.41, 5.74) is 6.78. The molecule has 4 nitrogen and oxygen atoms in total. The number of aryl methyl sites for hydroxylation is 3. The molecule has 3 rings (SSSR count). The molecule has 0 aliphatic rings. The molecule has 0 radical (unpaired) electrons. The van der Waals surface area contributed by atoms with Gasteiger partial charge in [-0.15, -0.1) is 0 Å². The second-order valence-electron chi connectivity index (χ2n) is 6.54. The lowest BCUT2D eigenvalue weighted by Crippen LogP contribution is -2.14. The first-order valence-corrected chi connectivity index (χ1v) is 8.65. The zero-order valence-electron chi connectivity index (χ0n) is 15.3. The number of hydrogen-bond donors (Lipinski definition) is 2. The van der Waals surface area contributed by atoms with Crippen LogP contribution in [0.15, 0.2) is 60.8 Å². The summed E-state index contributed by atoms with van der Waals surface area (Å²) in [7, 11) is 0. The summed E-state index contributed by atoms with van der Waals surface area (Å²) in [5.74, 6) is -0.208. The van der Waals surface area contributed by atoms with Crippen molar-refractivity contribution in [3.63, 3.8) is 0 Å². The van der Waals surface area contributed by atoms with Crippen LogP contribution >= 0.6 is 0 Å². The predicted octanol–water partition coefficient (Wildman–Crippen LogP) is 4.87. The number of carbonyl (C=O) groups excluding carboxylic acids is 1. The molecule has 0 unspecified atom stereocenters. The van der Waals surface area contributed by atoms with Gasteiger partial charge in [-0.05, 0) is 67.3 Å². The van der Waals surface area contributed by atoms with E-state index in [-0.39, 0.29) is 5.91 Å². The Balaban J connectivity index is 1.63. The summed E-state index contributed by atoms with van der Waals surface area (Å²) >= 11 is 0. The summed E-state index contributed by atoms with van der Waals surface area (Å²) in [6.07, 6.45) is 1.69. The Morgan fingerprint density at radius 1 is 0.923 bits per heavy atom. The number of pyridine rings is 1. The number of amides is 1. The van der Waals surface area contributed by atoms with Crippen LogP contribution < -0.4 is 10.6 Å². The first kappa shape index (κ1) is 17.7. The zero-order valence-corrected chi connectivity index (χ0v) is 15.3. The lowest BCUT2D eigenvalue weighted by Gasteiger charge is -2.10. The standard InChI is InChI=1S/C22H23N3O/c1-15-10-16(2)12-20(11-15)25-22(26)21-9-8-19(14-24-21)23-13-18-7-5-4-6-17(18)3/h4-12,14,23H,13H2,1-3H3,(H,25,26). The maximum Gasteiger partial charge on any atom is 0.274 e. The van der Waals surface area contributed by atoms with Gasteiger partial charge in [-0.25, -0.2) is 4.98 Å². The zero-order chi connectivity index (χ0) is 18.5. The molecule has 2 aromatic carbocycles. The molecule has 0 aliphatic heterocycles. The molecule has 1 heterocycles. The highest BCUT2D eigenvalue weighted by atomic mass is 16.1. The number of rotatable bonds is 5. The Labute approximate surface area is 154 Å². The first-order chi connectivity index (χ1) is 12.5. The Morgan fingerprint density at radius 2 is 1.65 bits per heavy atom. The van der Waals surface area contributed by atoms with Gasteiger partial charge in [0, 0.05) is 12.2 Å². The van der Waals surface area contributed by atoms with Crippen LogP contribution in [-0.2, 0) is 6.54 Å². The van der Waals surface area contributed by atoms with E-state index >= 15 is 0 Å². The highest BCUT2D eigenvalue weighted by Gasteiger charge is 2.08. The SMILES string of the molecule is Cc1cc(C)cc(NC(=O)c2ccc(NCc3ccccc3C)cn2)c1. The van der Waals surface area contributed by atoms with Crippen molar-refractivity contribution in [3.05, 3.63) is 88.7 Å². The third kappa shape index (κ3) is 4.48. The highest BCUT2D eigenvalue weighted by Crippen LogP contribution is 2.16. The van der Waals surface area contributed by atoms with Crippen LogP contribution in [0.2, 0.25) is 0 Å². The molecule has 0 fully saturated rings. The van der Waals surface area contributed by atoms with Gasteiger partial charge in [-0.2, -0.15) is 0 Å². The predicted molar refractivity (Wildman–Crippen MR) is 107 cm³/mol. The molecule has 1 amide bonds. The second-order valence-corrected chi connectivity index (χ2v) is 6.54. The largest absolute Gasteiger partial charge is 0.380 e. The van der Waals surface area contributed by atoms with Gasteiger partial charge in [0.05, 0.1) is 11.9 Å². The Morgan fingerprint density at radius 3 is 2.31 bits per heavy atom. The van der Waals surface area contributed by atoms with Crippen molar-refractivity contribution >= 4 is 17.3 Å². The number of nitrogens with zero attached hydrogens (tertiary/aromatic N) is 1. The second kappa shape index (κ2) is 7.83. The van der Waals surface area contributed by atoms with Gasteiger partial charge in [0.25, 0.3) is 5.91 Å². The van der Waals surface area contributed by atoms with Crippen LogP contribution in [0.4, 0.5) is 11.4 Å². The van der Waals surface area contributed by atoms with Crippen LogP contribution in [0.25, 0.3) is 0 Å². The molecule has 132 valence electrons. The van der Waals surface area contributed by atoms with E-state index < -0.39 is 0 Å². The van der Waals surface area contributed by atoms with E-state index in [1.165, 1.54) is 11.1 Å². The molecule has 0 saturated carbocycles. The average molecular weight is 345 g/mol. The molecular formula is C22H23N3O. The minimum Gasteiger partial charge on any atom is -0.380 e. The fraction of sp³-hybridized carbons (Fsp3) is 0.182. The smallest absolute Gasteiger partial charge is 0.274 e. The van der Waals surface area contributed by atoms with Gasteiger partial charge in [-0.1, -0.05) is 30.3 Å².